The summed E-state index contributed by atoms with van der Waals surface area (Å²) in [6, 6.07) is 4.83. The van der Waals surface area contributed by atoms with Gasteiger partial charge < -0.3 is 24.1 Å². The molecule has 1 saturated heterocycles. The number of nitrogens with zero attached hydrogens (tertiary/aromatic N) is 3. The monoisotopic (exact) mass is 455 g/mol. The van der Waals surface area contributed by atoms with Crippen LogP contribution in [0.4, 0.5) is 5.69 Å². The Hall–Kier alpha value is -3.84. The maximum atomic E-state index is 12.8. The van der Waals surface area contributed by atoms with Crippen molar-refractivity contribution in [3.63, 3.8) is 0 Å². The van der Waals surface area contributed by atoms with Gasteiger partial charge >= 0.3 is 5.97 Å². The fourth-order valence-corrected chi connectivity index (χ4v) is 3.67. The Morgan fingerprint density at radius 1 is 1.33 bits per heavy atom. The van der Waals surface area contributed by atoms with Crippen LogP contribution in [-0.4, -0.2) is 55.9 Å². The van der Waals surface area contributed by atoms with Crippen LogP contribution >= 0.6 is 0 Å². The van der Waals surface area contributed by atoms with E-state index in [4.69, 9.17) is 18.9 Å². The molecule has 1 aliphatic rings. The molecule has 1 unspecified atom stereocenters. The summed E-state index contributed by atoms with van der Waals surface area (Å²) in [5.74, 6) is -0.340. The van der Waals surface area contributed by atoms with E-state index in [9.17, 15) is 20.0 Å². The molecule has 2 aromatic rings. The molecule has 3 rings (SSSR count). The number of rotatable bonds is 7. The number of methoxy groups -OCH3 is 3. The molecule has 2 heterocycles. The third kappa shape index (κ3) is 4.68. The Morgan fingerprint density at radius 2 is 2.03 bits per heavy atom. The number of carbonyl (C=O) groups is 1. The lowest BCUT2D eigenvalue weighted by Crippen LogP contribution is -2.29. The maximum absolute atomic E-state index is 12.8. The molecule has 1 aliphatic heterocycles. The fraction of sp³-hybridized carbons (Fsp3) is 0.391. The molecule has 10 heteroatoms. The van der Waals surface area contributed by atoms with Gasteiger partial charge in [-0.2, -0.15) is 5.26 Å². The summed E-state index contributed by atoms with van der Waals surface area (Å²) in [4.78, 5) is 29.4. The fourth-order valence-electron chi connectivity index (χ4n) is 3.67. The number of pyridine rings is 1. The molecule has 1 aromatic carbocycles. The summed E-state index contributed by atoms with van der Waals surface area (Å²) in [7, 11) is 4.12. The standard InChI is InChI=1S/C23H25N3O7/c1-13-16(10-24)21(27)26(12-14-6-5-7-33-14)22(28)17(13)11-25-18-9-20(31-3)19(30-2)8-15(18)23(29)32-4/h8-9,11,14,28H,5-7,12H2,1-4H3. The number of benzene rings is 1. The van der Waals surface area contributed by atoms with Gasteiger partial charge in [0.1, 0.15) is 11.6 Å². The minimum Gasteiger partial charge on any atom is -0.494 e. The van der Waals surface area contributed by atoms with Crippen LogP contribution in [0.1, 0.15) is 39.9 Å². The van der Waals surface area contributed by atoms with E-state index in [1.165, 1.54) is 39.7 Å². The van der Waals surface area contributed by atoms with E-state index in [1.807, 2.05) is 6.07 Å². The number of esters is 1. The molecule has 33 heavy (non-hydrogen) atoms. The lowest BCUT2D eigenvalue weighted by atomic mass is 10.1. The van der Waals surface area contributed by atoms with Crippen LogP contribution in [0.5, 0.6) is 17.4 Å². The quantitative estimate of drug-likeness (QED) is 0.497. The molecule has 0 saturated carbocycles. The Labute approximate surface area is 190 Å². The van der Waals surface area contributed by atoms with Crippen LogP contribution in [0.2, 0.25) is 0 Å². The highest BCUT2D eigenvalue weighted by Crippen LogP contribution is 2.35. The minimum atomic E-state index is -0.648. The number of nitriles is 1. The highest BCUT2D eigenvalue weighted by molar-refractivity contribution is 5.98. The molecule has 0 radical (unpaired) electrons. The number of aliphatic imine (C=N–C) groups is 1. The van der Waals surface area contributed by atoms with Crippen molar-refractivity contribution in [2.75, 3.05) is 27.9 Å². The molecule has 0 bridgehead atoms. The number of ether oxygens (including phenoxy) is 4. The van der Waals surface area contributed by atoms with Crippen molar-refractivity contribution in [1.82, 2.24) is 4.57 Å². The molecule has 1 N–H and O–H groups in total. The van der Waals surface area contributed by atoms with Crippen LogP contribution in [0.15, 0.2) is 21.9 Å². The molecule has 1 fully saturated rings. The van der Waals surface area contributed by atoms with Gasteiger partial charge in [0.2, 0.25) is 5.88 Å². The van der Waals surface area contributed by atoms with Crippen LogP contribution in [0.3, 0.4) is 0 Å². The smallest absolute Gasteiger partial charge is 0.340 e. The Bertz CT molecular complexity index is 1190. The van der Waals surface area contributed by atoms with Crippen LogP contribution in [0, 0.1) is 18.3 Å². The molecule has 1 atom stereocenters. The molecule has 0 amide bonds. The first-order valence-electron chi connectivity index (χ1n) is 10.2. The van der Waals surface area contributed by atoms with Gasteiger partial charge in [-0.3, -0.25) is 14.4 Å². The maximum Gasteiger partial charge on any atom is 0.340 e. The van der Waals surface area contributed by atoms with E-state index < -0.39 is 11.5 Å². The lowest BCUT2D eigenvalue weighted by molar-refractivity contribution is 0.0601. The summed E-state index contributed by atoms with van der Waals surface area (Å²) in [5.41, 5.74) is 0.0434. The molecule has 0 spiro atoms. The van der Waals surface area contributed by atoms with E-state index in [1.54, 1.807) is 6.92 Å². The molecular formula is C23H25N3O7. The van der Waals surface area contributed by atoms with Gasteiger partial charge in [0.25, 0.3) is 5.56 Å². The normalized spacial score (nSPS) is 15.4. The van der Waals surface area contributed by atoms with Gasteiger partial charge in [0.05, 0.1) is 50.8 Å². The topological polar surface area (TPSA) is 132 Å². The van der Waals surface area contributed by atoms with Crippen molar-refractivity contribution < 1.29 is 28.8 Å². The van der Waals surface area contributed by atoms with Crippen molar-refractivity contribution in [2.45, 2.75) is 32.4 Å². The SMILES string of the molecule is COC(=O)c1cc(OC)c(OC)cc1N=Cc1c(C)c(C#N)c(=O)n(CC2CCCO2)c1O. The third-order valence-corrected chi connectivity index (χ3v) is 5.50. The van der Waals surface area contributed by atoms with Crippen molar-refractivity contribution in [2.24, 2.45) is 4.99 Å². The van der Waals surface area contributed by atoms with Gasteiger partial charge in [-0.1, -0.05) is 0 Å². The third-order valence-electron chi connectivity index (χ3n) is 5.50. The second kappa shape index (κ2) is 10.2. The van der Waals surface area contributed by atoms with E-state index in [0.717, 1.165) is 17.4 Å². The van der Waals surface area contributed by atoms with Crippen LogP contribution in [0.25, 0.3) is 0 Å². The zero-order valence-electron chi connectivity index (χ0n) is 18.9. The predicted molar refractivity (Wildman–Crippen MR) is 119 cm³/mol. The van der Waals surface area contributed by atoms with Gasteiger partial charge in [-0.15, -0.1) is 0 Å². The Balaban J connectivity index is 2.14. The van der Waals surface area contributed by atoms with Crippen molar-refractivity contribution in [3.8, 4) is 23.4 Å². The average molecular weight is 455 g/mol. The second-order valence-electron chi connectivity index (χ2n) is 7.37. The van der Waals surface area contributed by atoms with Crippen LogP contribution < -0.4 is 15.0 Å². The Kier molecular flexibility index (Phi) is 7.35. The highest BCUT2D eigenvalue weighted by atomic mass is 16.5. The van der Waals surface area contributed by atoms with Crippen molar-refractivity contribution >= 4 is 17.9 Å². The molecule has 0 aliphatic carbocycles. The summed E-state index contributed by atoms with van der Waals surface area (Å²) < 4.78 is 22.1. The zero-order chi connectivity index (χ0) is 24.1. The number of hydrogen-bond donors (Lipinski definition) is 1. The summed E-state index contributed by atoms with van der Waals surface area (Å²) in [6.45, 7) is 2.25. The minimum absolute atomic E-state index is 0.104. The zero-order valence-corrected chi connectivity index (χ0v) is 18.9. The Morgan fingerprint density at radius 3 is 2.61 bits per heavy atom. The summed E-state index contributed by atoms with van der Waals surface area (Å²) in [5, 5.41) is 20.4. The van der Waals surface area contributed by atoms with E-state index >= 15 is 0 Å². The van der Waals surface area contributed by atoms with E-state index in [-0.39, 0.29) is 46.5 Å². The number of aromatic nitrogens is 1. The molecule has 1 aromatic heterocycles. The predicted octanol–water partition coefficient (Wildman–Crippen LogP) is 2.47. The average Bonchev–Trinajstić information content (AvgIpc) is 3.34. The van der Waals surface area contributed by atoms with Crippen molar-refractivity contribution in [3.05, 3.63) is 44.7 Å². The number of hydrogen-bond acceptors (Lipinski definition) is 9. The summed E-state index contributed by atoms with van der Waals surface area (Å²) in [6.07, 6.45) is 2.68. The van der Waals surface area contributed by atoms with Crippen LogP contribution in [-0.2, 0) is 16.0 Å². The van der Waals surface area contributed by atoms with Gasteiger partial charge in [0.15, 0.2) is 11.5 Å². The molecule has 10 nitrogen and oxygen atoms in total. The molecular weight excluding hydrogens is 430 g/mol. The van der Waals surface area contributed by atoms with E-state index in [2.05, 4.69) is 4.99 Å². The lowest BCUT2D eigenvalue weighted by Gasteiger charge is -2.17. The van der Waals surface area contributed by atoms with Gasteiger partial charge in [-0.05, 0) is 25.3 Å². The number of aromatic hydroxyl groups is 1. The first kappa shape index (κ1) is 23.8. The van der Waals surface area contributed by atoms with Gasteiger partial charge in [0, 0.05) is 25.0 Å². The first-order valence-corrected chi connectivity index (χ1v) is 10.2. The highest BCUT2D eigenvalue weighted by Gasteiger charge is 2.23. The van der Waals surface area contributed by atoms with E-state index in [0.29, 0.717) is 18.1 Å². The van der Waals surface area contributed by atoms with Gasteiger partial charge in [-0.25, -0.2) is 4.79 Å². The summed E-state index contributed by atoms with van der Waals surface area (Å²) >= 11 is 0. The number of carbonyl (C=O) groups excluding carboxylic acids is 1. The first-order chi connectivity index (χ1) is 15.9. The largest absolute Gasteiger partial charge is 0.494 e. The van der Waals surface area contributed by atoms with Crippen molar-refractivity contribution in [1.29, 1.82) is 5.26 Å². The second-order valence-corrected chi connectivity index (χ2v) is 7.37. The molecule has 174 valence electrons.